The van der Waals surface area contributed by atoms with Gasteiger partial charge in [0, 0.05) is 30.4 Å². The van der Waals surface area contributed by atoms with Crippen LogP contribution in [0, 0.1) is 10.1 Å². The molecule has 0 saturated carbocycles. The largest absolute Gasteiger partial charge is 0.484 e. The fourth-order valence-electron chi connectivity index (χ4n) is 3.78. The van der Waals surface area contributed by atoms with Gasteiger partial charge in [-0.3, -0.25) is 29.4 Å². The molecule has 1 saturated heterocycles. The number of hydrogen-bond acceptors (Lipinski definition) is 10. The van der Waals surface area contributed by atoms with Gasteiger partial charge in [0.25, 0.3) is 17.5 Å². The van der Waals surface area contributed by atoms with E-state index >= 15 is 0 Å². The lowest BCUT2D eigenvalue weighted by atomic mass is 10.0. The Morgan fingerprint density at radius 1 is 1.08 bits per heavy atom. The number of esters is 2. The Morgan fingerprint density at radius 3 is 2.45 bits per heavy atom. The molecule has 2 heterocycles. The van der Waals surface area contributed by atoms with E-state index in [0.717, 1.165) is 0 Å². The molecule has 1 fully saturated rings. The van der Waals surface area contributed by atoms with Gasteiger partial charge in [-0.25, -0.2) is 4.79 Å². The fraction of sp³-hybridized carbons (Fsp3) is 0.280. The van der Waals surface area contributed by atoms with Gasteiger partial charge in [0.2, 0.25) is 0 Å². The number of fused-ring (bicyclic) bond motifs is 1. The Morgan fingerprint density at radius 2 is 1.79 bits per heavy atom. The van der Waals surface area contributed by atoms with Crippen molar-refractivity contribution in [1.82, 2.24) is 10.2 Å². The maximum absolute atomic E-state index is 13.1. The lowest BCUT2D eigenvalue weighted by molar-refractivity contribution is -0.384. The second kappa shape index (κ2) is 11.8. The zero-order chi connectivity index (χ0) is 27.2. The topological polar surface area (TPSA) is 154 Å². The van der Waals surface area contributed by atoms with E-state index in [0.29, 0.717) is 16.9 Å². The monoisotopic (exact) mass is 541 g/mol. The number of β-lactam (4-membered cyclic amide) rings is 1. The van der Waals surface area contributed by atoms with Gasteiger partial charge < -0.3 is 19.5 Å². The third-order valence-electron chi connectivity index (χ3n) is 5.64. The van der Waals surface area contributed by atoms with Crippen LogP contribution >= 0.6 is 11.8 Å². The zero-order valence-electron chi connectivity index (χ0n) is 20.2. The minimum Gasteiger partial charge on any atom is -0.484 e. The average Bonchev–Trinajstić information content (AvgIpc) is 2.92. The van der Waals surface area contributed by atoms with Crippen molar-refractivity contribution in [3.63, 3.8) is 0 Å². The standard InChI is InChI=1S/C25H23N3O9S/c1-15(29)35-12-17-14-38-24-21(26-20(30)13-36-19-5-3-2-4-6-19)23(31)27(24)22(17)25(32)37-11-16-7-9-18(10-8-16)28(33)34/h2-10,21,24H,11-14H2,1H3,(H,26,30)/t21-,24-/m1/s1. The third-order valence-corrected chi connectivity index (χ3v) is 6.98. The second-order valence-corrected chi connectivity index (χ2v) is 9.39. The SMILES string of the molecule is CC(=O)OCC1=C(C(=O)OCc2ccc([N+](=O)[O-])cc2)N2C(=O)[C@@H](NC(=O)COc3ccccc3)[C@H]2SC1. The molecule has 0 radical (unpaired) electrons. The van der Waals surface area contributed by atoms with E-state index in [9.17, 15) is 29.3 Å². The first-order chi connectivity index (χ1) is 18.2. The predicted molar refractivity (Wildman–Crippen MR) is 134 cm³/mol. The second-order valence-electron chi connectivity index (χ2n) is 8.29. The van der Waals surface area contributed by atoms with E-state index in [1.165, 1.54) is 47.9 Å². The Labute approximate surface area is 221 Å². The molecule has 38 heavy (non-hydrogen) atoms. The summed E-state index contributed by atoms with van der Waals surface area (Å²) in [6, 6.07) is 13.4. The number of benzene rings is 2. The van der Waals surface area contributed by atoms with Crippen LogP contribution < -0.4 is 10.1 Å². The van der Waals surface area contributed by atoms with Crippen LogP contribution in [0.5, 0.6) is 5.75 Å². The number of nitro benzene ring substituents is 1. The molecule has 2 amide bonds. The number of rotatable bonds is 10. The number of amides is 2. The highest BCUT2D eigenvalue weighted by Gasteiger charge is 2.54. The first-order valence-electron chi connectivity index (χ1n) is 11.4. The Bertz CT molecular complexity index is 1280. The summed E-state index contributed by atoms with van der Waals surface area (Å²) in [4.78, 5) is 61.4. The molecule has 0 aromatic heterocycles. The van der Waals surface area contributed by atoms with Crippen LogP contribution in [0.4, 0.5) is 5.69 Å². The van der Waals surface area contributed by atoms with E-state index in [-0.39, 0.29) is 37.0 Å². The number of carbonyl (C=O) groups is 4. The summed E-state index contributed by atoms with van der Waals surface area (Å²) in [5, 5.41) is 12.9. The molecule has 1 N–H and O–H groups in total. The number of carbonyl (C=O) groups excluding carboxylic acids is 4. The summed E-state index contributed by atoms with van der Waals surface area (Å²) in [6.07, 6.45) is 0. The number of ether oxygens (including phenoxy) is 3. The van der Waals surface area contributed by atoms with Gasteiger partial charge in [-0.05, 0) is 29.8 Å². The van der Waals surface area contributed by atoms with Crippen LogP contribution in [-0.4, -0.2) is 64.0 Å². The number of nitrogens with zero attached hydrogens (tertiary/aromatic N) is 2. The maximum atomic E-state index is 13.1. The smallest absolute Gasteiger partial charge is 0.355 e. The maximum Gasteiger partial charge on any atom is 0.355 e. The highest BCUT2D eigenvalue weighted by Crippen LogP contribution is 2.40. The summed E-state index contributed by atoms with van der Waals surface area (Å²) in [5.74, 6) is -1.62. The fourth-order valence-corrected chi connectivity index (χ4v) is 5.11. The molecular formula is C25H23N3O9S. The molecule has 2 aromatic carbocycles. The molecule has 0 bridgehead atoms. The third kappa shape index (κ3) is 6.11. The van der Waals surface area contributed by atoms with Crippen LogP contribution in [0.2, 0.25) is 0 Å². The van der Waals surface area contributed by atoms with Crippen molar-refractivity contribution in [2.24, 2.45) is 0 Å². The van der Waals surface area contributed by atoms with E-state index < -0.39 is 40.1 Å². The lowest BCUT2D eigenvalue weighted by Crippen LogP contribution is -2.71. The van der Waals surface area contributed by atoms with Crippen LogP contribution in [0.15, 0.2) is 65.9 Å². The summed E-state index contributed by atoms with van der Waals surface area (Å²) in [6.45, 7) is 0.535. The van der Waals surface area contributed by atoms with Gasteiger partial charge >= 0.3 is 11.9 Å². The van der Waals surface area contributed by atoms with Crippen LogP contribution in [0.25, 0.3) is 0 Å². The van der Waals surface area contributed by atoms with Crippen molar-refractivity contribution in [2.45, 2.75) is 24.9 Å². The highest BCUT2D eigenvalue weighted by atomic mass is 32.2. The van der Waals surface area contributed by atoms with E-state index in [1.807, 2.05) is 6.07 Å². The molecule has 2 aliphatic heterocycles. The van der Waals surface area contributed by atoms with Crippen LogP contribution in [0.3, 0.4) is 0 Å². The van der Waals surface area contributed by atoms with Crippen molar-refractivity contribution in [3.05, 3.63) is 81.5 Å². The number of nitrogens with one attached hydrogen (secondary N) is 1. The number of thioether (sulfide) groups is 1. The first-order valence-corrected chi connectivity index (χ1v) is 12.5. The van der Waals surface area contributed by atoms with Crippen LogP contribution in [0.1, 0.15) is 12.5 Å². The molecule has 198 valence electrons. The first kappa shape index (κ1) is 26.7. The van der Waals surface area contributed by atoms with Gasteiger partial charge in [-0.2, -0.15) is 0 Å². The molecule has 0 aliphatic carbocycles. The Kier molecular flexibility index (Phi) is 8.26. The van der Waals surface area contributed by atoms with E-state index in [4.69, 9.17) is 14.2 Å². The normalized spacial score (nSPS) is 18.1. The lowest BCUT2D eigenvalue weighted by Gasteiger charge is -2.49. The highest BCUT2D eigenvalue weighted by molar-refractivity contribution is 8.00. The summed E-state index contributed by atoms with van der Waals surface area (Å²) < 4.78 is 15.9. The van der Waals surface area contributed by atoms with Crippen molar-refractivity contribution in [1.29, 1.82) is 0 Å². The molecular weight excluding hydrogens is 518 g/mol. The molecule has 2 aromatic rings. The zero-order valence-corrected chi connectivity index (χ0v) is 21.0. The summed E-state index contributed by atoms with van der Waals surface area (Å²) in [5.41, 5.74) is 0.743. The van der Waals surface area contributed by atoms with Gasteiger partial charge in [-0.15, -0.1) is 11.8 Å². The van der Waals surface area contributed by atoms with E-state index in [1.54, 1.807) is 24.3 Å². The van der Waals surface area contributed by atoms with Crippen molar-refractivity contribution >= 4 is 41.2 Å². The average molecular weight is 542 g/mol. The Hall–Kier alpha value is -4.39. The number of non-ortho nitro benzene ring substituents is 1. The summed E-state index contributed by atoms with van der Waals surface area (Å²) in [7, 11) is 0. The summed E-state index contributed by atoms with van der Waals surface area (Å²) >= 11 is 1.31. The van der Waals surface area contributed by atoms with Crippen molar-refractivity contribution in [2.75, 3.05) is 19.0 Å². The molecule has 0 unspecified atom stereocenters. The molecule has 4 rings (SSSR count). The number of para-hydroxylation sites is 1. The van der Waals surface area contributed by atoms with E-state index in [2.05, 4.69) is 5.32 Å². The molecule has 0 spiro atoms. The van der Waals surface area contributed by atoms with Crippen molar-refractivity contribution in [3.8, 4) is 5.75 Å². The quantitative estimate of drug-likeness (QED) is 0.204. The van der Waals surface area contributed by atoms with Gasteiger partial charge in [0.05, 0.1) is 4.92 Å². The van der Waals surface area contributed by atoms with Crippen LogP contribution in [-0.2, 0) is 35.3 Å². The molecule has 13 heteroatoms. The number of nitro groups is 1. The van der Waals surface area contributed by atoms with Gasteiger partial charge in [0.15, 0.2) is 6.61 Å². The molecule has 2 aliphatic rings. The minimum absolute atomic E-state index is 0.0482. The number of hydrogen-bond donors (Lipinski definition) is 1. The van der Waals surface area contributed by atoms with Gasteiger partial charge in [-0.1, -0.05) is 18.2 Å². The van der Waals surface area contributed by atoms with Crippen molar-refractivity contribution < 1.29 is 38.3 Å². The molecule has 12 nitrogen and oxygen atoms in total. The van der Waals surface area contributed by atoms with Gasteiger partial charge in [0.1, 0.15) is 36.1 Å². The Balaban J connectivity index is 1.43. The minimum atomic E-state index is -0.875. The molecule has 2 atom stereocenters. The predicted octanol–water partition coefficient (Wildman–Crippen LogP) is 1.93.